The summed E-state index contributed by atoms with van der Waals surface area (Å²) in [6, 6.07) is 16.5. The minimum Gasteiger partial charge on any atom is -0.480 e. The van der Waals surface area contributed by atoms with Crippen molar-refractivity contribution in [1.82, 2.24) is 5.16 Å². The largest absolute Gasteiger partial charge is 0.480 e. The predicted molar refractivity (Wildman–Crippen MR) is 164 cm³/mol. The number of carbonyl (C=O) groups excluding carboxylic acids is 1. The minimum atomic E-state index is -1.20. The molecule has 2 heterocycles. The number of benzene rings is 2. The van der Waals surface area contributed by atoms with Crippen LogP contribution in [0.1, 0.15) is 53.1 Å². The highest BCUT2D eigenvalue weighted by Gasteiger charge is 2.27. The van der Waals surface area contributed by atoms with E-state index < -0.39 is 18.5 Å². The Morgan fingerprint density at radius 1 is 1.02 bits per heavy atom. The summed E-state index contributed by atoms with van der Waals surface area (Å²) < 4.78 is 10.8. The number of anilines is 2. The zero-order chi connectivity index (χ0) is 30.5. The van der Waals surface area contributed by atoms with E-state index in [2.05, 4.69) is 10.5 Å². The highest BCUT2D eigenvalue weighted by atomic mass is 32.1. The van der Waals surface area contributed by atoms with Crippen LogP contribution in [0.25, 0.3) is 21.7 Å². The average molecular weight is 604 g/mol. The van der Waals surface area contributed by atoms with Crippen molar-refractivity contribution in [2.75, 3.05) is 23.4 Å². The standard InChI is InChI=1S/C32H33N3O7S/c1-19-28(41-18-25(36)37)30(31(38)39)43-29(19)23-14-9-15-24(16-23)35(17-21-10-5-3-6-11-21)32(40)33-26-20(2)42-34-27(26)22-12-7-4-8-13-22/h4,7-9,12-16,21H,3,5-6,10-11,17-18H2,1-2H3,(H,33,40)(H,36,37)(H,38,39). The zero-order valence-corrected chi connectivity index (χ0v) is 24.8. The summed E-state index contributed by atoms with van der Waals surface area (Å²) in [7, 11) is 0. The molecule has 5 rings (SSSR count). The Balaban J connectivity index is 1.50. The molecule has 1 aliphatic rings. The molecular weight excluding hydrogens is 570 g/mol. The molecule has 2 aromatic carbocycles. The van der Waals surface area contributed by atoms with Gasteiger partial charge in [0, 0.05) is 28.2 Å². The second kappa shape index (κ2) is 13.1. The number of carboxylic acid groups (broad SMARTS) is 2. The van der Waals surface area contributed by atoms with Gasteiger partial charge in [-0.15, -0.1) is 11.3 Å². The second-order valence-corrected chi connectivity index (χ2v) is 11.6. The summed E-state index contributed by atoms with van der Waals surface area (Å²) in [5.74, 6) is -1.55. The van der Waals surface area contributed by atoms with Crippen molar-refractivity contribution in [3.63, 3.8) is 0 Å². The maximum Gasteiger partial charge on any atom is 0.349 e. The van der Waals surface area contributed by atoms with E-state index in [-0.39, 0.29) is 16.7 Å². The second-order valence-electron chi connectivity index (χ2n) is 10.6. The molecule has 2 aromatic heterocycles. The monoisotopic (exact) mass is 603 g/mol. The Hall–Kier alpha value is -4.64. The Morgan fingerprint density at radius 2 is 1.74 bits per heavy atom. The van der Waals surface area contributed by atoms with Crippen molar-refractivity contribution < 1.29 is 33.9 Å². The Morgan fingerprint density at radius 3 is 2.44 bits per heavy atom. The van der Waals surface area contributed by atoms with Gasteiger partial charge in [-0.25, -0.2) is 14.4 Å². The third-order valence-corrected chi connectivity index (χ3v) is 8.91. The van der Waals surface area contributed by atoms with E-state index in [4.69, 9.17) is 14.4 Å². The molecule has 4 aromatic rings. The first-order chi connectivity index (χ1) is 20.7. The van der Waals surface area contributed by atoms with E-state index in [9.17, 15) is 19.5 Å². The molecule has 224 valence electrons. The molecule has 1 fully saturated rings. The molecule has 43 heavy (non-hydrogen) atoms. The number of nitrogens with one attached hydrogen (secondary N) is 1. The quantitative estimate of drug-likeness (QED) is 0.169. The Kier molecular flexibility index (Phi) is 9.10. The number of thiophene rings is 1. The van der Waals surface area contributed by atoms with Crippen molar-refractivity contribution >= 4 is 40.7 Å². The number of hydrogen-bond acceptors (Lipinski definition) is 7. The van der Waals surface area contributed by atoms with Crippen LogP contribution in [-0.4, -0.2) is 46.5 Å². The van der Waals surface area contributed by atoms with Gasteiger partial charge in [0.25, 0.3) is 0 Å². The molecule has 1 aliphatic carbocycles. The van der Waals surface area contributed by atoms with Gasteiger partial charge in [-0.3, -0.25) is 4.90 Å². The van der Waals surface area contributed by atoms with Gasteiger partial charge in [0.2, 0.25) is 0 Å². The minimum absolute atomic E-state index is 0.0356. The lowest BCUT2D eigenvalue weighted by Crippen LogP contribution is -2.39. The number of carboxylic acids is 2. The number of aliphatic carboxylic acids is 1. The van der Waals surface area contributed by atoms with Crippen molar-refractivity contribution in [3.8, 4) is 27.4 Å². The molecule has 11 heteroatoms. The summed E-state index contributed by atoms with van der Waals surface area (Å²) in [6.45, 7) is 3.32. The van der Waals surface area contributed by atoms with Crippen molar-refractivity contribution in [3.05, 3.63) is 70.8 Å². The molecule has 0 bridgehead atoms. The number of nitrogens with zero attached hydrogens (tertiary/aromatic N) is 2. The van der Waals surface area contributed by atoms with E-state index in [1.165, 1.54) is 6.42 Å². The van der Waals surface area contributed by atoms with Crippen LogP contribution >= 0.6 is 11.3 Å². The smallest absolute Gasteiger partial charge is 0.349 e. The van der Waals surface area contributed by atoms with Crippen molar-refractivity contribution in [1.29, 1.82) is 0 Å². The van der Waals surface area contributed by atoms with Crippen LogP contribution < -0.4 is 15.0 Å². The maximum atomic E-state index is 14.0. The molecule has 3 N–H and O–H groups in total. The lowest BCUT2D eigenvalue weighted by atomic mass is 9.89. The molecular formula is C32H33N3O7S. The van der Waals surface area contributed by atoms with E-state index in [1.807, 2.05) is 54.6 Å². The van der Waals surface area contributed by atoms with Crippen LogP contribution in [0.4, 0.5) is 16.2 Å². The van der Waals surface area contributed by atoms with Gasteiger partial charge in [-0.05, 0) is 50.3 Å². The number of urea groups is 1. The molecule has 0 atom stereocenters. The van der Waals surface area contributed by atoms with Gasteiger partial charge in [-0.2, -0.15) is 0 Å². The maximum absolute atomic E-state index is 14.0. The van der Waals surface area contributed by atoms with Gasteiger partial charge < -0.3 is 24.8 Å². The van der Waals surface area contributed by atoms with Gasteiger partial charge in [0.15, 0.2) is 17.2 Å². The topological polar surface area (TPSA) is 142 Å². The van der Waals surface area contributed by atoms with E-state index in [0.29, 0.717) is 51.3 Å². The molecule has 0 unspecified atom stereocenters. The number of carbonyl (C=O) groups is 3. The normalized spacial score (nSPS) is 13.4. The fourth-order valence-corrected chi connectivity index (χ4v) is 6.54. The number of aryl methyl sites for hydroxylation is 1. The molecule has 0 radical (unpaired) electrons. The fourth-order valence-electron chi connectivity index (χ4n) is 5.46. The number of ether oxygens (including phenoxy) is 1. The van der Waals surface area contributed by atoms with Crippen LogP contribution in [-0.2, 0) is 4.79 Å². The number of aromatic carboxylic acids is 1. The van der Waals surface area contributed by atoms with Gasteiger partial charge >= 0.3 is 18.0 Å². The van der Waals surface area contributed by atoms with Crippen molar-refractivity contribution in [2.45, 2.75) is 46.0 Å². The molecule has 0 spiro atoms. The van der Waals surface area contributed by atoms with Crippen LogP contribution in [0.15, 0.2) is 59.1 Å². The fraction of sp³-hybridized carbons (Fsp3) is 0.312. The van der Waals surface area contributed by atoms with Crippen LogP contribution in [0.2, 0.25) is 0 Å². The van der Waals surface area contributed by atoms with E-state index in [1.54, 1.807) is 18.7 Å². The van der Waals surface area contributed by atoms with Crippen molar-refractivity contribution in [2.24, 2.45) is 5.92 Å². The molecule has 0 saturated heterocycles. The van der Waals surface area contributed by atoms with E-state index in [0.717, 1.165) is 42.6 Å². The molecule has 1 saturated carbocycles. The molecule has 2 amide bonds. The van der Waals surface area contributed by atoms with Crippen LogP contribution in [0, 0.1) is 19.8 Å². The first-order valence-electron chi connectivity index (χ1n) is 14.1. The number of rotatable bonds is 10. The summed E-state index contributed by atoms with van der Waals surface area (Å²) >= 11 is 1.01. The first-order valence-corrected chi connectivity index (χ1v) is 15.0. The summed E-state index contributed by atoms with van der Waals surface area (Å²) in [4.78, 5) is 39.4. The highest BCUT2D eigenvalue weighted by molar-refractivity contribution is 7.18. The van der Waals surface area contributed by atoms with Gasteiger partial charge in [0.1, 0.15) is 17.1 Å². The van der Waals surface area contributed by atoms with Gasteiger partial charge in [0.05, 0.1) is 0 Å². The predicted octanol–water partition coefficient (Wildman–Crippen LogP) is 7.47. The Labute approximate surface area is 252 Å². The van der Waals surface area contributed by atoms with Crippen LogP contribution in [0.3, 0.4) is 0 Å². The average Bonchev–Trinajstić information content (AvgIpc) is 3.54. The number of amides is 2. The van der Waals surface area contributed by atoms with Gasteiger partial charge in [-0.1, -0.05) is 66.9 Å². The Bertz CT molecular complexity index is 1620. The SMILES string of the molecule is Cc1onc(-c2ccccc2)c1NC(=O)N(CC1CCCCC1)c1cccc(-c2sc(C(=O)O)c(OCC(=O)O)c2C)c1. The highest BCUT2D eigenvalue weighted by Crippen LogP contribution is 2.42. The molecule has 10 nitrogen and oxygen atoms in total. The third kappa shape index (κ3) is 6.72. The third-order valence-electron chi connectivity index (χ3n) is 7.60. The van der Waals surface area contributed by atoms with E-state index >= 15 is 0 Å². The summed E-state index contributed by atoms with van der Waals surface area (Å²) in [5, 5.41) is 26.1. The zero-order valence-electron chi connectivity index (χ0n) is 24.0. The lowest BCUT2D eigenvalue weighted by Gasteiger charge is -2.30. The first kappa shape index (κ1) is 29.8. The lowest BCUT2D eigenvalue weighted by molar-refractivity contribution is -0.139. The van der Waals surface area contributed by atoms with Crippen LogP contribution in [0.5, 0.6) is 5.75 Å². The summed E-state index contributed by atoms with van der Waals surface area (Å²) in [6.07, 6.45) is 5.49. The number of aromatic nitrogens is 1. The molecule has 0 aliphatic heterocycles. The summed E-state index contributed by atoms with van der Waals surface area (Å²) in [5.41, 5.74) is 3.73. The number of hydrogen-bond donors (Lipinski definition) is 3.